The number of hydrogen-bond acceptors (Lipinski definition) is 1. The van der Waals surface area contributed by atoms with Crippen molar-refractivity contribution in [3.63, 3.8) is 0 Å². The summed E-state index contributed by atoms with van der Waals surface area (Å²) in [7, 11) is 0. The molecule has 0 aliphatic rings. The third kappa shape index (κ3) is 2.85. The number of aliphatic hydroxyl groups is 1. The fourth-order valence-corrected chi connectivity index (χ4v) is 2.26. The maximum atomic E-state index is 14.0. The Balaban J connectivity index is 2.38. The molecule has 20 heavy (non-hydrogen) atoms. The first-order chi connectivity index (χ1) is 9.40. The predicted molar refractivity (Wildman–Crippen MR) is 71.3 cm³/mol. The van der Waals surface area contributed by atoms with Gasteiger partial charge in [0.25, 0.3) is 6.43 Å². The summed E-state index contributed by atoms with van der Waals surface area (Å²) in [6.45, 7) is 3.48. The third-order valence-corrected chi connectivity index (χ3v) is 3.26. The molecule has 0 spiro atoms. The Bertz CT molecular complexity index is 583. The molecule has 0 amide bonds. The first kappa shape index (κ1) is 14.6. The van der Waals surface area contributed by atoms with Gasteiger partial charge in [-0.3, -0.25) is 0 Å². The van der Waals surface area contributed by atoms with Crippen molar-refractivity contribution in [3.05, 3.63) is 70.0 Å². The summed E-state index contributed by atoms with van der Waals surface area (Å²) in [5, 5.41) is 10.2. The number of rotatable bonds is 3. The Morgan fingerprint density at radius 1 is 0.950 bits per heavy atom. The monoisotopic (exact) mass is 280 g/mol. The van der Waals surface area contributed by atoms with Crippen LogP contribution in [0.1, 0.15) is 40.3 Å². The van der Waals surface area contributed by atoms with E-state index in [0.29, 0.717) is 11.1 Å². The van der Waals surface area contributed by atoms with E-state index >= 15 is 0 Å². The molecular weight excluding hydrogens is 265 g/mol. The van der Waals surface area contributed by atoms with E-state index in [4.69, 9.17) is 0 Å². The summed E-state index contributed by atoms with van der Waals surface area (Å²) in [5.41, 5.74) is 1.85. The van der Waals surface area contributed by atoms with Crippen LogP contribution in [0.2, 0.25) is 0 Å². The fourth-order valence-electron chi connectivity index (χ4n) is 2.26. The quantitative estimate of drug-likeness (QED) is 0.880. The average Bonchev–Trinajstić information content (AvgIpc) is 2.37. The predicted octanol–water partition coefficient (Wildman–Crippen LogP) is 4.46. The van der Waals surface area contributed by atoms with Gasteiger partial charge in [-0.1, -0.05) is 30.3 Å². The molecule has 1 atom stereocenters. The molecule has 1 N–H and O–H groups in total. The van der Waals surface area contributed by atoms with E-state index < -0.39 is 18.3 Å². The van der Waals surface area contributed by atoms with Crippen molar-refractivity contribution in [2.24, 2.45) is 0 Å². The lowest BCUT2D eigenvalue weighted by Gasteiger charge is -2.16. The number of benzene rings is 2. The Hall–Kier alpha value is -1.81. The standard InChI is InChI=1S/C16H15F3O/c1-9-7-10(2)14(13(17)8-9)15(20)11-3-5-12(6-4-11)16(18)19/h3-8,15-16,20H,1-2H3. The van der Waals surface area contributed by atoms with Crippen LogP contribution in [0.15, 0.2) is 36.4 Å². The Labute approximate surface area is 115 Å². The van der Waals surface area contributed by atoms with Gasteiger partial charge in [0.1, 0.15) is 11.9 Å². The summed E-state index contributed by atoms with van der Waals surface area (Å²) in [4.78, 5) is 0. The zero-order valence-corrected chi connectivity index (χ0v) is 11.2. The number of aryl methyl sites for hydroxylation is 2. The summed E-state index contributed by atoms with van der Waals surface area (Å²) in [6.07, 6.45) is -3.72. The topological polar surface area (TPSA) is 20.2 Å². The maximum Gasteiger partial charge on any atom is 0.263 e. The lowest BCUT2D eigenvalue weighted by Crippen LogP contribution is -2.06. The SMILES string of the molecule is Cc1cc(C)c(C(O)c2ccc(C(F)F)cc2)c(F)c1. The summed E-state index contributed by atoms with van der Waals surface area (Å²) in [5.74, 6) is -0.493. The van der Waals surface area contributed by atoms with Crippen LogP contribution in [0.5, 0.6) is 0 Å². The lowest BCUT2D eigenvalue weighted by molar-refractivity contribution is 0.151. The van der Waals surface area contributed by atoms with Crippen molar-refractivity contribution in [3.8, 4) is 0 Å². The second kappa shape index (κ2) is 5.67. The molecule has 106 valence electrons. The van der Waals surface area contributed by atoms with Crippen LogP contribution < -0.4 is 0 Å². The second-order valence-corrected chi connectivity index (χ2v) is 4.85. The minimum absolute atomic E-state index is 0.123. The average molecular weight is 280 g/mol. The van der Waals surface area contributed by atoms with Crippen molar-refractivity contribution < 1.29 is 18.3 Å². The van der Waals surface area contributed by atoms with Gasteiger partial charge in [0, 0.05) is 11.1 Å². The van der Waals surface area contributed by atoms with Crippen molar-refractivity contribution in [2.45, 2.75) is 26.4 Å². The molecular formula is C16H15F3O. The van der Waals surface area contributed by atoms with Crippen molar-refractivity contribution in [1.82, 2.24) is 0 Å². The van der Waals surface area contributed by atoms with Gasteiger partial charge in [-0.05, 0) is 36.6 Å². The van der Waals surface area contributed by atoms with E-state index in [-0.39, 0.29) is 11.1 Å². The molecule has 0 bridgehead atoms. The van der Waals surface area contributed by atoms with Crippen molar-refractivity contribution in [2.75, 3.05) is 0 Å². The number of hydrogen-bond donors (Lipinski definition) is 1. The molecule has 0 aromatic heterocycles. The van der Waals surface area contributed by atoms with Gasteiger partial charge in [-0.15, -0.1) is 0 Å². The van der Waals surface area contributed by atoms with Crippen molar-refractivity contribution in [1.29, 1.82) is 0 Å². The molecule has 2 aromatic rings. The summed E-state index contributed by atoms with van der Waals surface area (Å²) in [6, 6.07) is 8.39. The fraction of sp³-hybridized carbons (Fsp3) is 0.250. The van der Waals surface area contributed by atoms with Crippen LogP contribution in [0.25, 0.3) is 0 Å². The van der Waals surface area contributed by atoms with E-state index in [2.05, 4.69) is 0 Å². The van der Waals surface area contributed by atoms with Gasteiger partial charge in [0.15, 0.2) is 0 Å². The van der Waals surface area contributed by atoms with Crippen LogP contribution in [-0.2, 0) is 0 Å². The molecule has 0 saturated heterocycles. The van der Waals surface area contributed by atoms with Gasteiger partial charge in [-0.25, -0.2) is 13.2 Å². The first-order valence-corrected chi connectivity index (χ1v) is 6.23. The van der Waals surface area contributed by atoms with Crippen LogP contribution in [-0.4, -0.2) is 5.11 Å². The Kier molecular flexibility index (Phi) is 4.14. The van der Waals surface area contributed by atoms with E-state index in [1.54, 1.807) is 19.9 Å². The van der Waals surface area contributed by atoms with Crippen LogP contribution >= 0.6 is 0 Å². The summed E-state index contributed by atoms with van der Waals surface area (Å²) < 4.78 is 38.9. The van der Waals surface area contributed by atoms with Gasteiger partial charge in [0.05, 0.1) is 0 Å². The second-order valence-electron chi connectivity index (χ2n) is 4.85. The van der Waals surface area contributed by atoms with Crippen LogP contribution in [0.4, 0.5) is 13.2 Å². The molecule has 1 unspecified atom stereocenters. The smallest absolute Gasteiger partial charge is 0.263 e. The Morgan fingerprint density at radius 3 is 2.00 bits per heavy atom. The molecule has 4 heteroatoms. The number of alkyl halides is 2. The molecule has 0 fully saturated rings. The lowest BCUT2D eigenvalue weighted by atomic mass is 9.95. The normalized spacial score (nSPS) is 12.8. The number of halogens is 3. The van der Waals surface area contributed by atoms with Gasteiger partial charge < -0.3 is 5.11 Å². The van der Waals surface area contributed by atoms with E-state index in [0.717, 1.165) is 5.56 Å². The van der Waals surface area contributed by atoms with Crippen molar-refractivity contribution >= 4 is 0 Å². The number of aliphatic hydroxyl groups excluding tert-OH is 1. The molecule has 0 radical (unpaired) electrons. The minimum atomic E-state index is -2.56. The zero-order valence-electron chi connectivity index (χ0n) is 11.2. The molecule has 0 heterocycles. The van der Waals surface area contributed by atoms with Crippen LogP contribution in [0.3, 0.4) is 0 Å². The van der Waals surface area contributed by atoms with Gasteiger partial charge >= 0.3 is 0 Å². The first-order valence-electron chi connectivity index (χ1n) is 6.23. The zero-order chi connectivity index (χ0) is 14.9. The van der Waals surface area contributed by atoms with Crippen LogP contribution in [0, 0.1) is 19.7 Å². The molecule has 1 nitrogen and oxygen atoms in total. The molecule has 0 aliphatic carbocycles. The summed E-state index contributed by atoms with van der Waals surface area (Å²) >= 11 is 0. The van der Waals surface area contributed by atoms with E-state index in [1.165, 1.54) is 30.3 Å². The molecule has 0 saturated carbocycles. The molecule has 2 rings (SSSR count). The molecule has 2 aromatic carbocycles. The maximum absolute atomic E-state index is 14.0. The third-order valence-electron chi connectivity index (χ3n) is 3.26. The largest absolute Gasteiger partial charge is 0.384 e. The Morgan fingerprint density at radius 2 is 1.50 bits per heavy atom. The molecule has 0 aliphatic heterocycles. The van der Waals surface area contributed by atoms with E-state index in [1.807, 2.05) is 0 Å². The van der Waals surface area contributed by atoms with E-state index in [9.17, 15) is 18.3 Å². The highest BCUT2D eigenvalue weighted by Gasteiger charge is 2.18. The minimum Gasteiger partial charge on any atom is -0.384 e. The highest BCUT2D eigenvalue weighted by molar-refractivity contribution is 5.39. The highest BCUT2D eigenvalue weighted by atomic mass is 19.3. The van der Waals surface area contributed by atoms with Gasteiger partial charge in [0.2, 0.25) is 0 Å². The van der Waals surface area contributed by atoms with Gasteiger partial charge in [-0.2, -0.15) is 0 Å². The highest BCUT2D eigenvalue weighted by Crippen LogP contribution is 2.29.